The summed E-state index contributed by atoms with van der Waals surface area (Å²) in [4.78, 5) is 16.4. The van der Waals surface area contributed by atoms with Gasteiger partial charge in [-0.05, 0) is 25.3 Å². The van der Waals surface area contributed by atoms with E-state index in [9.17, 15) is 9.36 Å². The zero-order chi connectivity index (χ0) is 33.6. The number of aliphatic imine (C=N–C) groups is 1. The average Bonchev–Trinajstić information content (AvgIpc) is 3.04. The van der Waals surface area contributed by atoms with E-state index in [0.717, 1.165) is 25.7 Å². The largest absolute Gasteiger partial charge is 0.697 e. The molecule has 250 valence electrons. The molecule has 1 amide bonds. The van der Waals surface area contributed by atoms with Crippen LogP contribution in [0.1, 0.15) is 86.5 Å². The summed E-state index contributed by atoms with van der Waals surface area (Å²) < 4.78 is 42.5. The number of nitrogens with zero attached hydrogens (tertiary/aromatic N) is 4. The van der Waals surface area contributed by atoms with Gasteiger partial charge in [-0.15, -0.1) is 9.05 Å². The van der Waals surface area contributed by atoms with E-state index in [1.54, 1.807) is 26.4 Å². The van der Waals surface area contributed by atoms with Crippen LogP contribution in [0.15, 0.2) is 17.3 Å². The fourth-order valence-electron chi connectivity index (χ4n) is 2.16. The van der Waals surface area contributed by atoms with Gasteiger partial charge in [0.1, 0.15) is 19.0 Å². The smallest absolute Gasteiger partial charge is 0.384 e. The molecule has 13 nitrogen and oxygen atoms in total. The van der Waals surface area contributed by atoms with E-state index in [-0.39, 0.29) is 38.8 Å². The summed E-state index contributed by atoms with van der Waals surface area (Å²) in [5.41, 5.74) is 5.57. The monoisotopic (exact) mass is 652 g/mol. The van der Waals surface area contributed by atoms with Crippen LogP contribution in [0.4, 0.5) is 0 Å². The standard InChI is InChI=1S/C17H31N4O5P.C7H13NO3P.2C2H6/c1-4-5-12-24-27(25-13-6-9-18)26-14-16(23-3)7-10-21(15-22)11-8-17(19)20-2;1-2-3-6-10-12(9)11-7-4-5-8;2*1-2/h8,11,15-16H,4-7,10,12-14H2,1-3H3,(H2,19,20);2-4,6-7H2,1H3;2*1-2H3/q;+1;;/b11-8-;;;. The van der Waals surface area contributed by atoms with E-state index in [1.807, 2.05) is 46.8 Å². The van der Waals surface area contributed by atoms with Crippen LogP contribution >= 0.6 is 16.9 Å². The van der Waals surface area contributed by atoms with Crippen molar-refractivity contribution in [2.75, 3.05) is 53.7 Å². The minimum Gasteiger partial charge on any atom is -0.384 e. The van der Waals surface area contributed by atoms with Gasteiger partial charge in [0, 0.05) is 31.5 Å². The third kappa shape index (κ3) is 37.9. The van der Waals surface area contributed by atoms with Crippen molar-refractivity contribution >= 4 is 29.1 Å². The van der Waals surface area contributed by atoms with E-state index < -0.39 is 16.9 Å². The molecule has 3 unspecified atom stereocenters. The lowest BCUT2D eigenvalue weighted by Crippen LogP contribution is -2.26. The zero-order valence-corrected chi connectivity index (χ0v) is 29.3. The van der Waals surface area contributed by atoms with E-state index >= 15 is 0 Å². The van der Waals surface area contributed by atoms with Gasteiger partial charge < -0.3 is 28.9 Å². The van der Waals surface area contributed by atoms with Gasteiger partial charge >= 0.3 is 16.9 Å². The highest BCUT2D eigenvalue weighted by molar-refractivity contribution is 7.41. The van der Waals surface area contributed by atoms with Crippen LogP contribution in [0.3, 0.4) is 0 Å². The number of amides is 1. The molecule has 0 fully saturated rings. The van der Waals surface area contributed by atoms with Gasteiger partial charge in [0.15, 0.2) is 0 Å². The second-order valence-corrected chi connectivity index (χ2v) is 9.74. The number of hydrogen-bond donors (Lipinski definition) is 1. The quantitative estimate of drug-likeness (QED) is 0.0382. The molecular weight excluding hydrogens is 596 g/mol. The Kier molecular flexibility index (Phi) is 46.8. The first kappa shape index (κ1) is 47.9. The van der Waals surface area contributed by atoms with Gasteiger partial charge in [0.05, 0.1) is 50.9 Å². The van der Waals surface area contributed by atoms with Crippen LogP contribution in [0.2, 0.25) is 0 Å². The van der Waals surface area contributed by atoms with Crippen molar-refractivity contribution in [1.29, 1.82) is 10.5 Å². The molecule has 2 N–H and O–H groups in total. The molecule has 0 aromatic rings. The molecule has 0 aliphatic carbocycles. The normalized spacial score (nSPS) is 12.1. The van der Waals surface area contributed by atoms with Gasteiger partial charge in [0.2, 0.25) is 6.41 Å². The number of unbranched alkanes of at least 4 members (excludes halogenated alkanes) is 2. The summed E-state index contributed by atoms with van der Waals surface area (Å²) >= 11 is 0. The Labute approximate surface area is 262 Å². The van der Waals surface area contributed by atoms with Gasteiger partial charge in [-0.25, -0.2) is 0 Å². The van der Waals surface area contributed by atoms with Gasteiger partial charge in [-0.3, -0.25) is 9.79 Å². The predicted octanol–water partition coefficient (Wildman–Crippen LogP) is 6.78. The summed E-state index contributed by atoms with van der Waals surface area (Å²) in [7, 11) is -0.386. The first-order chi connectivity index (χ1) is 20.9. The first-order valence-corrected chi connectivity index (χ1v) is 16.9. The van der Waals surface area contributed by atoms with Crippen molar-refractivity contribution in [2.45, 2.75) is 92.6 Å². The van der Waals surface area contributed by atoms with Gasteiger partial charge in [0.25, 0.3) is 0 Å². The van der Waals surface area contributed by atoms with Gasteiger partial charge in [-0.1, -0.05) is 54.4 Å². The predicted molar refractivity (Wildman–Crippen MR) is 172 cm³/mol. The Hall–Kier alpha value is -2.05. The van der Waals surface area contributed by atoms with E-state index in [0.29, 0.717) is 38.4 Å². The van der Waals surface area contributed by atoms with Crippen LogP contribution < -0.4 is 5.73 Å². The molecule has 0 radical (unpaired) electrons. The van der Waals surface area contributed by atoms with Crippen LogP contribution in [0, 0.1) is 22.7 Å². The molecule has 0 bridgehead atoms. The molecule has 0 rings (SSSR count). The van der Waals surface area contributed by atoms with Crippen LogP contribution in [0.5, 0.6) is 0 Å². The fraction of sp³-hybridized carbons (Fsp3) is 0.786. The zero-order valence-electron chi connectivity index (χ0n) is 27.5. The summed E-state index contributed by atoms with van der Waals surface area (Å²) in [6, 6.07) is 3.90. The van der Waals surface area contributed by atoms with Gasteiger partial charge in [-0.2, -0.15) is 10.5 Å². The maximum atomic E-state index is 11.1. The number of nitrogens with two attached hydrogens (primary N) is 1. The van der Waals surface area contributed by atoms with E-state index in [1.165, 1.54) is 4.90 Å². The Morgan fingerprint density at radius 2 is 1.53 bits per heavy atom. The molecule has 0 saturated carbocycles. The highest BCUT2D eigenvalue weighted by atomic mass is 31.2. The SMILES string of the molecule is CC.CC.CCCCOP(OCCC#N)OCC(CCN(C=O)/C=C\C(N)=NC)OC.CCCCO[P+](=O)OCCC#N. The number of rotatable bonds is 24. The Balaban J connectivity index is -0.000000396. The lowest BCUT2D eigenvalue weighted by Gasteiger charge is -2.21. The number of nitriles is 2. The Morgan fingerprint density at radius 3 is 2.07 bits per heavy atom. The number of hydrogen-bond acceptors (Lipinski definition) is 11. The molecule has 0 aromatic heterocycles. The second kappa shape index (κ2) is 42.1. The summed E-state index contributed by atoms with van der Waals surface area (Å²) in [6.45, 7) is 14.2. The molecule has 0 aromatic carbocycles. The average molecular weight is 653 g/mol. The molecule has 0 saturated heterocycles. The minimum atomic E-state index is -2.00. The summed E-state index contributed by atoms with van der Waals surface area (Å²) in [5.74, 6) is 0.331. The maximum absolute atomic E-state index is 11.1. The summed E-state index contributed by atoms with van der Waals surface area (Å²) in [5, 5.41) is 16.7. The number of carbonyl (C=O) groups is 1. The van der Waals surface area contributed by atoms with Crippen molar-refractivity contribution < 1.29 is 36.7 Å². The highest BCUT2D eigenvalue weighted by Crippen LogP contribution is 2.40. The molecule has 15 heteroatoms. The van der Waals surface area contributed by atoms with Crippen molar-refractivity contribution in [3.8, 4) is 12.1 Å². The van der Waals surface area contributed by atoms with Crippen molar-refractivity contribution in [3.05, 3.63) is 12.3 Å². The number of ether oxygens (including phenoxy) is 1. The lowest BCUT2D eigenvalue weighted by molar-refractivity contribution is -0.116. The number of methoxy groups -OCH3 is 1. The molecule has 0 heterocycles. The fourth-order valence-corrected chi connectivity index (χ4v) is 3.79. The first-order valence-electron chi connectivity index (χ1n) is 14.7. The van der Waals surface area contributed by atoms with Crippen molar-refractivity contribution in [1.82, 2.24) is 4.90 Å². The topological polar surface area (TPSA) is 179 Å². The van der Waals surface area contributed by atoms with Crippen molar-refractivity contribution in [2.24, 2.45) is 10.7 Å². The third-order valence-corrected chi connectivity index (χ3v) is 6.38. The van der Waals surface area contributed by atoms with Crippen LogP contribution in [-0.2, 0) is 36.7 Å². The van der Waals surface area contributed by atoms with Crippen LogP contribution in [0.25, 0.3) is 0 Å². The highest BCUT2D eigenvalue weighted by Gasteiger charge is 2.19. The maximum Gasteiger partial charge on any atom is 0.697 e. The number of amidine groups is 1. The third-order valence-electron chi connectivity index (χ3n) is 4.45. The van der Waals surface area contributed by atoms with Crippen molar-refractivity contribution in [3.63, 3.8) is 0 Å². The Bertz CT molecular complexity index is 764. The molecule has 0 spiro atoms. The lowest BCUT2D eigenvalue weighted by atomic mass is 10.2. The molecular formula is C28H56N5O8P2+. The Morgan fingerprint density at radius 1 is 0.977 bits per heavy atom. The molecule has 43 heavy (non-hydrogen) atoms. The number of carbonyl (C=O) groups excluding carboxylic acids is 1. The molecule has 0 aliphatic heterocycles. The summed E-state index contributed by atoms with van der Waals surface area (Å²) in [6.07, 6.45) is 8.45. The molecule has 3 atom stereocenters. The second-order valence-electron chi connectivity index (χ2n) is 7.55. The molecule has 0 aliphatic rings. The van der Waals surface area contributed by atoms with E-state index in [4.69, 9.17) is 43.6 Å². The van der Waals surface area contributed by atoms with Crippen LogP contribution in [-0.4, -0.2) is 77.0 Å². The van der Waals surface area contributed by atoms with E-state index in [2.05, 4.69) is 11.9 Å². The minimum absolute atomic E-state index is 0.178.